The Bertz CT molecular complexity index is 299. The highest BCUT2D eigenvalue weighted by Gasteiger charge is 2.19. The van der Waals surface area contributed by atoms with Gasteiger partial charge < -0.3 is 10.1 Å². The first-order chi connectivity index (χ1) is 8.86. The summed E-state index contributed by atoms with van der Waals surface area (Å²) in [6.45, 7) is 2.36. The van der Waals surface area contributed by atoms with Crippen LogP contribution in [0.2, 0.25) is 0 Å². The Morgan fingerprint density at radius 2 is 2.11 bits per heavy atom. The molecule has 1 aliphatic carbocycles. The molecule has 0 spiro atoms. The summed E-state index contributed by atoms with van der Waals surface area (Å²) in [5.74, 6) is 2.59. The summed E-state index contributed by atoms with van der Waals surface area (Å²) in [7, 11) is 0. The Kier molecular flexibility index (Phi) is 8.07. The van der Waals surface area contributed by atoms with E-state index in [-0.39, 0.29) is 6.04 Å². The van der Waals surface area contributed by atoms with Crippen LogP contribution in [0.4, 0.5) is 0 Å². The van der Waals surface area contributed by atoms with Gasteiger partial charge in [0.1, 0.15) is 0 Å². The van der Waals surface area contributed by atoms with Gasteiger partial charge in [-0.05, 0) is 37.6 Å². The fourth-order valence-electron chi connectivity index (χ4n) is 2.18. The van der Waals surface area contributed by atoms with Gasteiger partial charge in [0.2, 0.25) is 0 Å². The van der Waals surface area contributed by atoms with Crippen LogP contribution in [0.1, 0.15) is 38.5 Å². The predicted octanol–water partition coefficient (Wildman–Crippen LogP) is 2.63. The van der Waals surface area contributed by atoms with Crippen molar-refractivity contribution in [2.45, 2.75) is 50.6 Å². The van der Waals surface area contributed by atoms with E-state index in [0.717, 1.165) is 58.3 Å². The molecule has 0 aliphatic heterocycles. The first-order valence-electron chi connectivity index (χ1n) is 6.65. The quantitative estimate of drug-likeness (QED) is 0.236. The lowest BCUT2D eigenvalue weighted by molar-refractivity contribution is 0.130. The molecule has 5 nitrogen and oxygen atoms in total. The molecule has 1 fully saturated rings. The Morgan fingerprint density at radius 3 is 2.78 bits per heavy atom. The highest BCUT2D eigenvalue weighted by molar-refractivity contribution is 4.83. The van der Waals surface area contributed by atoms with E-state index in [1.165, 1.54) is 0 Å². The number of nitrogens with one attached hydrogen (secondary N) is 1. The number of unbranched alkanes of at least 4 members (excludes halogenated alkanes) is 1. The molecular formula is C13H22N4O. The molecule has 100 valence electrons. The van der Waals surface area contributed by atoms with Gasteiger partial charge in [-0.1, -0.05) is 5.11 Å². The number of azide groups is 1. The first-order valence-corrected chi connectivity index (χ1v) is 6.65. The van der Waals surface area contributed by atoms with Crippen molar-refractivity contribution >= 4 is 0 Å². The second-order valence-corrected chi connectivity index (χ2v) is 4.58. The van der Waals surface area contributed by atoms with E-state index in [9.17, 15) is 0 Å². The summed E-state index contributed by atoms with van der Waals surface area (Å²) >= 11 is 0. The molecule has 1 saturated carbocycles. The van der Waals surface area contributed by atoms with Crippen molar-refractivity contribution in [3.05, 3.63) is 10.4 Å². The van der Waals surface area contributed by atoms with Crippen molar-refractivity contribution in [3.8, 4) is 12.3 Å². The highest BCUT2D eigenvalue weighted by Crippen LogP contribution is 2.21. The molecule has 1 aliphatic rings. The van der Waals surface area contributed by atoms with E-state index in [0.29, 0.717) is 6.04 Å². The number of nitrogens with zero attached hydrogens (tertiary/aromatic N) is 3. The predicted molar refractivity (Wildman–Crippen MR) is 72.1 cm³/mol. The van der Waals surface area contributed by atoms with Crippen molar-refractivity contribution in [3.63, 3.8) is 0 Å². The second kappa shape index (κ2) is 9.78. The minimum Gasteiger partial charge on any atom is -0.380 e. The summed E-state index contributed by atoms with van der Waals surface area (Å²) in [6.07, 6.45) is 11.0. The minimum atomic E-state index is 0.202. The van der Waals surface area contributed by atoms with Gasteiger partial charge in [0.15, 0.2) is 0 Å². The van der Waals surface area contributed by atoms with Crippen molar-refractivity contribution in [1.82, 2.24) is 5.32 Å². The molecule has 18 heavy (non-hydrogen) atoms. The van der Waals surface area contributed by atoms with Gasteiger partial charge in [-0.2, -0.15) is 0 Å². The summed E-state index contributed by atoms with van der Waals surface area (Å²) in [5.41, 5.74) is 8.36. The first kappa shape index (κ1) is 14.8. The van der Waals surface area contributed by atoms with E-state index < -0.39 is 0 Å². The Balaban J connectivity index is 1.95. The Hall–Kier alpha value is -1.21. The van der Waals surface area contributed by atoms with Crippen LogP contribution in [0.15, 0.2) is 5.11 Å². The monoisotopic (exact) mass is 250 g/mol. The standard InChI is InChI=1S/C13H22N4O/c1-2-3-4-10-18-11-9-15-12-5-7-13(8-6-12)16-17-14/h1,12-13,15H,3-11H2. The van der Waals surface area contributed by atoms with Crippen molar-refractivity contribution in [2.24, 2.45) is 5.11 Å². The van der Waals surface area contributed by atoms with Crippen molar-refractivity contribution in [1.29, 1.82) is 0 Å². The molecule has 0 amide bonds. The number of terminal acetylenes is 1. The van der Waals surface area contributed by atoms with Crippen LogP contribution < -0.4 is 5.32 Å². The van der Waals surface area contributed by atoms with Crippen LogP contribution in [0.25, 0.3) is 10.4 Å². The minimum absolute atomic E-state index is 0.202. The van der Waals surface area contributed by atoms with Crippen LogP contribution in [0, 0.1) is 12.3 Å². The normalized spacial score (nSPS) is 23.1. The fraction of sp³-hybridized carbons (Fsp3) is 0.846. The van der Waals surface area contributed by atoms with Crippen LogP contribution >= 0.6 is 0 Å². The lowest BCUT2D eigenvalue weighted by atomic mass is 9.92. The van der Waals surface area contributed by atoms with Gasteiger partial charge in [-0.15, -0.1) is 12.3 Å². The van der Waals surface area contributed by atoms with E-state index in [1.54, 1.807) is 0 Å². The third kappa shape index (κ3) is 6.51. The van der Waals surface area contributed by atoms with Gasteiger partial charge >= 0.3 is 0 Å². The number of rotatable bonds is 8. The third-order valence-electron chi connectivity index (χ3n) is 3.20. The molecule has 0 atom stereocenters. The van der Waals surface area contributed by atoms with Crippen LogP contribution in [0.3, 0.4) is 0 Å². The van der Waals surface area contributed by atoms with Crippen LogP contribution in [0.5, 0.6) is 0 Å². The van der Waals surface area contributed by atoms with E-state index >= 15 is 0 Å². The topological polar surface area (TPSA) is 70.0 Å². The lowest BCUT2D eigenvalue weighted by Crippen LogP contribution is -2.36. The van der Waals surface area contributed by atoms with Crippen molar-refractivity contribution < 1.29 is 4.74 Å². The largest absolute Gasteiger partial charge is 0.380 e. The maximum atomic E-state index is 8.36. The summed E-state index contributed by atoms with van der Waals surface area (Å²) in [4.78, 5) is 2.87. The molecule has 0 bridgehead atoms. The van der Waals surface area contributed by atoms with Crippen LogP contribution in [-0.2, 0) is 4.74 Å². The molecule has 0 aromatic carbocycles. The van der Waals surface area contributed by atoms with Gasteiger partial charge in [0, 0.05) is 36.6 Å². The molecule has 5 heteroatoms. The van der Waals surface area contributed by atoms with Crippen molar-refractivity contribution in [2.75, 3.05) is 19.8 Å². The Morgan fingerprint density at radius 1 is 1.33 bits per heavy atom. The smallest absolute Gasteiger partial charge is 0.0591 e. The van der Waals surface area contributed by atoms with E-state index in [2.05, 4.69) is 21.3 Å². The number of hydrogen-bond donors (Lipinski definition) is 1. The summed E-state index contributed by atoms with van der Waals surface area (Å²) < 4.78 is 5.46. The molecule has 1 rings (SSSR count). The fourth-order valence-corrected chi connectivity index (χ4v) is 2.18. The Labute approximate surface area is 109 Å². The average molecular weight is 250 g/mol. The van der Waals surface area contributed by atoms with Gasteiger partial charge in [-0.25, -0.2) is 0 Å². The molecule has 0 aromatic rings. The lowest BCUT2D eigenvalue weighted by Gasteiger charge is -2.26. The summed E-state index contributed by atoms with van der Waals surface area (Å²) in [6, 6.07) is 0.748. The molecular weight excluding hydrogens is 228 g/mol. The van der Waals surface area contributed by atoms with Crippen LogP contribution in [-0.4, -0.2) is 31.8 Å². The zero-order chi connectivity index (χ0) is 13.1. The van der Waals surface area contributed by atoms with Gasteiger partial charge in [-0.3, -0.25) is 0 Å². The second-order valence-electron chi connectivity index (χ2n) is 4.58. The van der Waals surface area contributed by atoms with E-state index in [1.807, 2.05) is 0 Å². The maximum Gasteiger partial charge on any atom is 0.0591 e. The molecule has 0 radical (unpaired) electrons. The molecule has 0 saturated heterocycles. The molecule has 0 heterocycles. The zero-order valence-electron chi connectivity index (χ0n) is 10.8. The average Bonchev–Trinajstić information content (AvgIpc) is 2.40. The molecule has 0 aromatic heterocycles. The SMILES string of the molecule is C#CCCCOCCNC1CCC(N=[N+]=[N-])CC1. The zero-order valence-corrected chi connectivity index (χ0v) is 10.8. The molecule has 0 unspecified atom stereocenters. The highest BCUT2D eigenvalue weighted by atomic mass is 16.5. The van der Waals surface area contributed by atoms with Gasteiger partial charge in [0.25, 0.3) is 0 Å². The molecule has 1 N–H and O–H groups in total. The van der Waals surface area contributed by atoms with E-state index in [4.69, 9.17) is 16.7 Å². The maximum absolute atomic E-state index is 8.36. The number of ether oxygens (including phenoxy) is 1. The van der Waals surface area contributed by atoms with Gasteiger partial charge in [0.05, 0.1) is 6.61 Å². The summed E-state index contributed by atoms with van der Waals surface area (Å²) in [5, 5.41) is 7.24. The third-order valence-corrected chi connectivity index (χ3v) is 3.20. The number of hydrogen-bond acceptors (Lipinski definition) is 3.